The van der Waals surface area contributed by atoms with Gasteiger partial charge in [0.15, 0.2) is 11.6 Å². The van der Waals surface area contributed by atoms with Crippen molar-refractivity contribution in [2.24, 2.45) is 4.99 Å². The number of nitrogens with zero attached hydrogens (tertiary/aromatic N) is 5. The van der Waals surface area contributed by atoms with Gasteiger partial charge < -0.3 is 10.2 Å². The van der Waals surface area contributed by atoms with Crippen LogP contribution < -0.4 is 5.32 Å². The number of guanidine groups is 1. The van der Waals surface area contributed by atoms with Crippen LogP contribution >= 0.6 is 11.8 Å². The number of hydrogen-bond donors (Lipinski definition) is 1. The van der Waals surface area contributed by atoms with Crippen LogP contribution in [-0.4, -0.2) is 62.6 Å². The van der Waals surface area contributed by atoms with Gasteiger partial charge in [0.1, 0.15) is 5.82 Å². The molecule has 0 bridgehead atoms. The van der Waals surface area contributed by atoms with Gasteiger partial charge in [0.2, 0.25) is 0 Å². The van der Waals surface area contributed by atoms with E-state index >= 15 is 0 Å². The smallest absolute Gasteiger partial charge is 0.193 e. The molecule has 3 rings (SSSR count). The summed E-state index contributed by atoms with van der Waals surface area (Å²) in [5.74, 6) is 3.17. The molecule has 0 aromatic carbocycles. The molecule has 1 saturated heterocycles. The minimum Gasteiger partial charge on any atom is -0.357 e. The zero-order chi connectivity index (χ0) is 16.8. The number of hydrogen-bond acceptors (Lipinski definition) is 4. The molecule has 130 valence electrons. The van der Waals surface area contributed by atoms with Crippen LogP contribution in [0.15, 0.2) is 29.4 Å². The number of thioether (sulfide) groups is 1. The number of fused-ring (bicyclic) bond motifs is 1. The molecule has 0 saturated carbocycles. The van der Waals surface area contributed by atoms with Gasteiger partial charge in [0.25, 0.3) is 0 Å². The second kappa shape index (κ2) is 8.37. The Morgan fingerprint density at radius 2 is 2.29 bits per heavy atom. The normalized spacial score (nSPS) is 19.0. The van der Waals surface area contributed by atoms with E-state index in [9.17, 15) is 0 Å². The molecule has 7 heteroatoms. The van der Waals surface area contributed by atoms with E-state index in [1.54, 1.807) is 0 Å². The van der Waals surface area contributed by atoms with Crippen LogP contribution in [0, 0.1) is 0 Å². The quantitative estimate of drug-likeness (QED) is 0.663. The predicted molar refractivity (Wildman–Crippen MR) is 101 cm³/mol. The fraction of sp³-hybridized carbons (Fsp3) is 0.588. The molecule has 1 aliphatic heterocycles. The first-order valence-electron chi connectivity index (χ1n) is 8.75. The average Bonchev–Trinajstić information content (AvgIpc) is 3.04. The molecule has 0 spiro atoms. The Labute approximate surface area is 147 Å². The number of aliphatic imine (C=N–C) groups is 1. The van der Waals surface area contributed by atoms with Gasteiger partial charge in [-0.15, -0.1) is 10.2 Å². The van der Waals surface area contributed by atoms with Gasteiger partial charge in [-0.05, 0) is 25.5 Å². The minimum atomic E-state index is 0.711. The van der Waals surface area contributed by atoms with Gasteiger partial charge in [-0.1, -0.05) is 13.0 Å². The van der Waals surface area contributed by atoms with E-state index in [0.29, 0.717) is 5.25 Å². The van der Waals surface area contributed by atoms with Crippen LogP contribution in [0.4, 0.5) is 0 Å². The molecule has 2 aromatic heterocycles. The monoisotopic (exact) mass is 346 g/mol. The molecule has 24 heavy (non-hydrogen) atoms. The Bertz CT molecular complexity index is 683. The zero-order valence-corrected chi connectivity index (χ0v) is 15.3. The minimum absolute atomic E-state index is 0.711. The summed E-state index contributed by atoms with van der Waals surface area (Å²) in [6, 6.07) is 5.96. The van der Waals surface area contributed by atoms with E-state index in [4.69, 9.17) is 4.99 Å². The van der Waals surface area contributed by atoms with Crippen LogP contribution in [-0.2, 0) is 6.42 Å². The molecule has 1 unspecified atom stereocenters. The average molecular weight is 347 g/mol. The third-order valence-electron chi connectivity index (χ3n) is 4.21. The highest BCUT2D eigenvalue weighted by atomic mass is 32.2. The van der Waals surface area contributed by atoms with Crippen molar-refractivity contribution >= 4 is 23.4 Å². The van der Waals surface area contributed by atoms with Crippen LogP contribution in [0.1, 0.15) is 26.1 Å². The largest absolute Gasteiger partial charge is 0.357 e. The van der Waals surface area contributed by atoms with Crippen LogP contribution in [0.3, 0.4) is 0 Å². The van der Waals surface area contributed by atoms with Gasteiger partial charge in [0.05, 0.1) is 0 Å². The Morgan fingerprint density at radius 1 is 1.38 bits per heavy atom. The topological polar surface area (TPSA) is 57.8 Å². The van der Waals surface area contributed by atoms with Crippen molar-refractivity contribution < 1.29 is 0 Å². The number of rotatable bonds is 5. The van der Waals surface area contributed by atoms with Crippen molar-refractivity contribution in [1.29, 1.82) is 0 Å². The molecular formula is C17H26N6S. The Hall–Kier alpha value is -1.76. The maximum absolute atomic E-state index is 4.83. The van der Waals surface area contributed by atoms with E-state index < -0.39 is 0 Å². The van der Waals surface area contributed by atoms with Gasteiger partial charge in [-0.2, -0.15) is 11.8 Å². The van der Waals surface area contributed by atoms with E-state index in [2.05, 4.69) is 46.0 Å². The second-order valence-electron chi connectivity index (χ2n) is 5.88. The molecule has 1 N–H and O–H groups in total. The van der Waals surface area contributed by atoms with Crippen molar-refractivity contribution in [3.63, 3.8) is 0 Å². The van der Waals surface area contributed by atoms with Crippen molar-refractivity contribution in [3.05, 3.63) is 30.2 Å². The van der Waals surface area contributed by atoms with E-state index in [0.717, 1.165) is 50.0 Å². The van der Waals surface area contributed by atoms with Crippen molar-refractivity contribution in [1.82, 2.24) is 24.8 Å². The molecule has 0 amide bonds. The molecule has 6 nitrogen and oxygen atoms in total. The standard InChI is InChI=1S/C17H26N6S/c1-3-14-13-22(11-12-24-14)17(18-4-2)19-9-8-16-21-20-15-7-5-6-10-23(15)16/h5-7,10,14H,3-4,8-9,11-13H2,1-2H3,(H,18,19). The summed E-state index contributed by atoms with van der Waals surface area (Å²) in [6.07, 6.45) is 4.01. The lowest BCUT2D eigenvalue weighted by atomic mass is 10.3. The first-order chi connectivity index (χ1) is 11.8. The van der Waals surface area contributed by atoms with Gasteiger partial charge in [0, 0.05) is 49.8 Å². The highest BCUT2D eigenvalue weighted by Gasteiger charge is 2.21. The highest BCUT2D eigenvalue weighted by Crippen LogP contribution is 2.21. The van der Waals surface area contributed by atoms with E-state index in [1.807, 2.05) is 28.8 Å². The third-order valence-corrected chi connectivity index (χ3v) is 5.58. The van der Waals surface area contributed by atoms with Crippen LogP contribution in [0.5, 0.6) is 0 Å². The van der Waals surface area contributed by atoms with Crippen molar-refractivity contribution in [2.45, 2.75) is 31.9 Å². The molecule has 0 aliphatic carbocycles. The van der Waals surface area contributed by atoms with Gasteiger partial charge >= 0.3 is 0 Å². The Kier molecular flexibility index (Phi) is 5.96. The summed E-state index contributed by atoms with van der Waals surface area (Å²) in [7, 11) is 0. The summed E-state index contributed by atoms with van der Waals surface area (Å²) in [5, 5.41) is 12.6. The molecular weight excluding hydrogens is 320 g/mol. The van der Waals surface area contributed by atoms with Gasteiger partial charge in [-0.25, -0.2) is 0 Å². The summed E-state index contributed by atoms with van der Waals surface area (Å²) < 4.78 is 2.03. The molecule has 0 radical (unpaired) electrons. The molecule has 1 fully saturated rings. The molecule has 2 aromatic rings. The van der Waals surface area contributed by atoms with Crippen molar-refractivity contribution in [3.8, 4) is 0 Å². The molecule has 1 atom stereocenters. The first kappa shape index (κ1) is 17.1. The molecule has 3 heterocycles. The van der Waals surface area contributed by atoms with Crippen LogP contribution in [0.25, 0.3) is 5.65 Å². The van der Waals surface area contributed by atoms with E-state index in [-0.39, 0.29) is 0 Å². The Balaban J connectivity index is 1.65. The lowest BCUT2D eigenvalue weighted by Gasteiger charge is -2.34. The summed E-state index contributed by atoms with van der Waals surface area (Å²) in [5.41, 5.74) is 0.891. The second-order valence-corrected chi connectivity index (χ2v) is 7.29. The number of pyridine rings is 1. The summed E-state index contributed by atoms with van der Waals surface area (Å²) >= 11 is 2.08. The number of nitrogens with one attached hydrogen (secondary N) is 1. The lowest BCUT2D eigenvalue weighted by molar-refractivity contribution is 0.408. The van der Waals surface area contributed by atoms with Gasteiger partial charge in [-0.3, -0.25) is 9.39 Å². The molecule has 1 aliphatic rings. The van der Waals surface area contributed by atoms with Crippen molar-refractivity contribution in [2.75, 3.05) is 31.9 Å². The maximum Gasteiger partial charge on any atom is 0.193 e. The zero-order valence-electron chi connectivity index (χ0n) is 14.5. The maximum atomic E-state index is 4.83. The lowest BCUT2D eigenvalue weighted by Crippen LogP contribution is -2.48. The number of aromatic nitrogens is 3. The van der Waals surface area contributed by atoms with E-state index in [1.165, 1.54) is 12.2 Å². The third kappa shape index (κ3) is 4.01. The first-order valence-corrected chi connectivity index (χ1v) is 9.80. The van der Waals surface area contributed by atoms with Crippen LogP contribution in [0.2, 0.25) is 0 Å². The summed E-state index contributed by atoms with van der Waals surface area (Å²) in [4.78, 5) is 7.23. The highest BCUT2D eigenvalue weighted by molar-refractivity contribution is 8.00. The predicted octanol–water partition coefficient (Wildman–Crippen LogP) is 2.06. The SMILES string of the molecule is CCNC(=NCCc1nnc2ccccn12)N1CCSC(CC)C1. The Morgan fingerprint density at radius 3 is 3.12 bits per heavy atom. The fourth-order valence-corrected chi connectivity index (χ4v) is 4.09. The fourth-order valence-electron chi connectivity index (χ4n) is 2.91. The summed E-state index contributed by atoms with van der Waals surface area (Å²) in [6.45, 7) is 8.16.